The molecule has 0 fully saturated rings. The summed E-state index contributed by atoms with van der Waals surface area (Å²) >= 11 is 0. The van der Waals surface area contributed by atoms with Gasteiger partial charge in [-0.15, -0.1) is 0 Å². The Labute approximate surface area is 154 Å². The summed E-state index contributed by atoms with van der Waals surface area (Å²) in [5, 5.41) is 37.8. The van der Waals surface area contributed by atoms with Crippen LogP contribution in [0.5, 0.6) is 11.5 Å². The fourth-order valence-electron chi connectivity index (χ4n) is 1.95. The quantitative estimate of drug-likeness (QED) is 0.650. The maximum atomic E-state index is 10.2. The van der Waals surface area contributed by atoms with Gasteiger partial charge in [0.1, 0.15) is 11.5 Å². The highest BCUT2D eigenvalue weighted by Gasteiger charge is 1.91. The van der Waals surface area contributed by atoms with E-state index in [0.29, 0.717) is 6.42 Å². The Morgan fingerprint density at radius 3 is 1.85 bits per heavy atom. The molecular weight excluding hydrogens is 328 g/mol. The van der Waals surface area contributed by atoms with E-state index < -0.39 is 0 Å². The van der Waals surface area contributed by atoms with E-state index >= 15 is 0 Å². The zero-order valence-corrected chi connectivity index (χ0v) is 14.9. The van der Waals surface area contributed by atoms with Crippen molar-refractivity contribution in [1.82, 2.24) is 0 Å². The van der Waals surface area contributed by atoms with Crippen LogP contribution in [0.25, 0.3) is 10.8 Å². The first-order chi connectivity index (χ1) is 12.5. The molecule has 138 valence electrons. The van der Waals surface area contributed by atoms with Crippen LogP contribution in [0.1, 0.15) is 13.3 Å². The van der Waals surface area contributed by atoms with Gasteiger partial charge in [0.05, 0.1) is 6.10 Å². The molecule has 2 rings (SSSR count). The van der Waals surface area contributed by atoms with Crippen LogP contribution >= 0.6 is 0 Å². The molecule has 0 heterocycles. The van der Waals surface area contributed by atoms with Crippen LogP contribution in [-0.4, -0.2) is 33.1 Å². The second-order valence-electron chi connectivity index (χ2n) is 5.58. The van der Waals surface area contributed by atoms with E-state index in [2.05, 4.69) is 0 Å². The maximum absolute atomic E-state index is 10.2. The third kappa shape index (κ3) is 8.87. The Balaban J connectivity index is 0.000000487. The Morgan fingerprint density at radius 2 is 1.27 bits per heavy atom. The fourth-order valence-corrected chi connectivity index (χ4v) is 1.95. The van der Waals surface area contributed by atoms with Crippen LogP contribution in [0.3, 0.4) is 0 Å². The Bertz CT molecular complexity index is 785. The normalized spacial score (nSPS) is 10.6. The average molecular weight is 354 g/mol. The van der Waals surface area contributed by atoms with E-state index in [1.54, 1.807) is 31.2 Å². The maximum Gasteiger partial charge on any atom is 0.123 e. The molecule has 0 saturated heterocycles. The first-order valence-corrected chi connectivity index (χ1v) is 8.41. The molecule has 0 aliphatic carbocycles. The Morgan fingerprint density at radius 1 is 0.731 bits per heavy atom. The molecule has 4 nitrogen and oxygen atoms in total. The number of fused-ring (bicyclic) bond motifs is 1. The topological polar surface area (TPSA) is 80.9 Å². The van der Waals surface area contributed by atoms with Crippen molar-refractivity contribution in [2.45, 2.75) is 19.4 Å². The van der Waals surface area contributed by atoms with Gasteiger partial charge in [0.15, 0.2) is 0 Å². The minimum atomic E-state index is -0.352. The second kappa shape index (κ2) is 12.5. The summed E-state index contributed by atoms with van der Waals surface area (Å²) in [6.07, 6.45) is 0.134. The van der Waals surface area contributed by atoms with Gasteiger partial charge in [0, 0.05) is 12.0 Å². The van der Waals surface area contributed by atoms with Gasteiger partial charge < -0.3 is 20.4 Å². The van der Waals surface area contributed by atoms with Gasteiger partial charge in [0.25, 0.3) is 0 Å². The van der Waals surface area contributed by atoms with Crippen molar-refractivity contribution < 1.29 is 20.4 Å². The number of hydrogen-bond acceptors (Lipinski definition) is 4. The van der Waals surface area contributed by atoms with Crippen LogP contribution in [0.2, 0.25) is 0 Å². The number of aliphatic hydroxyl groups excluding tert-OH is 2. The largest absolute Gasteiger partial charge is 0.508 e. The lowest BCUT2D eigenvalue weighted by atomic mass is 10.2. The Kier molecular flexibility index (Phi) is 10.2. The summed E-state index contributed by atoms with van der Waals surface area (Å²) in [6, 6.07) is 25.1. The van der Waals surface area contributed by atoms with Gasteiger partial charge in [-0.25, -0.2) is 0 Å². The molecule has 1 atom stereocenters. The third-order valence-corrected chi connectivity index (χ3v) is 3.29. The molecule has 0 amide bonds. The first-order valence-electron chi connectivity index (χ1n) is 8.41. The zero-order chi connectivity index (χ0) is 19.2. The summed E-state index contributed by atoms with van der Waals surface area (Å²) in [5.41, 5.74) is 0. The van der Waals surface area contributed by atoms with Gasteiger partial charge in [-0.1, -0.05) is 66.7 Å². The van der Waals surface area contributed by atoms with Gasteiger partial charge in [-0.05, 0) is 36.9 Å². The smallest absolute Gasteiger partial charge is 0.123 e. The van der Waals surface area contributed by atoms with Crippen molar-refractivity contribution in [3.05, 3.63) is 84.9 Å². The second-order valence-corrected chi connectivity index (χ2v) is 5.58. The van der Waals surface area contributed by atoms with Crippen molar-refractivity contribution in [3.8, 4) is 11.5 Å². The van der Waals surface area contributed by atoms with Gasteiger partial charge in [0.2, 0.25) is 0 Å². The summed E-state index contributed by atoms with van der Waals surface area (Å²) in [4.78, 5) is 0. The SMILES string of the molecule is CC(O)CCO.Oc1cccc(O)c2ccccccccc2ccc1. The van der Waals surface area contributed by atoms with Gasteiger partial charge in [-0.3, -0.25) is 0 Å². The fraction of sp³-hybridized carbons (Fsp3) is 0.182. The van der Waals surface area contributed by atoms with E-state index in [1.165, 1.54) is 6.07 Å². The Hall–Kier alpha value is -2.82. The predicted molar refractivity (Wildman–Crippen MR) is 106 cm³/mol. The van der Waals surface area contributed by atoms with Crippen molar-refractivity contribution >= 4 is 10.8 Å². The predicted octanol–water partition coefficient (Wildman–Crippen LogP) is 4.25. The van der Waals surface area contributed by atoms with Crippen LogP contribution in [0, 0.1) is 0 Å². The lowest BCUT2D eigenvalue weighted by molar-refractivity contribution is 0.148. The molecule has 4 heteroatoms. The minimum Gasteiger partial charge on any atom is -0.508 e. The van der Waals surface area contributed by atoms with Crippen LogP contribution in [-0.2, 0) is 0 Å². The van der Waals surface area contributed by atoms with Crippen molar-refractivity contribution in [2.24, 2.45) is 0 Å². The monoisotopic (exact) mass is 354 g/mol. The highest BCUT2D eigenvalue weighted by atomic mass is 16.3. The highest BCUT2D eigenvalue weighted by Crippen LogP contribution is 2.20. The van der Waals surface area contributed by atoms with Crippen molar-refractivity contribution in [2.75, 3.05) is 6.61 Å². The molecule has 4 N–H and O–H groups in total. The minimum absolute atomic E-state index is 0.0810. The number of aromatic hydroxyl groups is 2. The van der Waals surface area contributed by atoms with Crippen LogP contribution in [0.4, 0.5) is 0 Å². The number of rotatable bonds is 2. The molecule has 0 aliphatic heterocycles. The first kappa shape index (κ1) is 21.2. The van der Waals surface area contributed by atoms with Gasteiger partial charge in [-0.2, -0.15) is 0 Å². The molecule has 2 aromatic carbocycles. The van der Waals surface area contributed by atoms with E-state index in [-0.39, 0.29) is 24.2 Å². The van der Waals surface area contributed by atoms with Gasteiger partial charge >= 0.3 is 0 Å². The molecule has 0 saturated carbocycles. The highest BCUT2D eigenvalue weighted by molar-refractivity contribution is 5.85. The number of aliphatic hydroxyl groups is 2. The lowest BCUT2D eigenvalue weighted by Crippen LogP contribution is -2.00. The molecule has 0 aliphatic rings. The molecule has 0 spiro atoms. The third-order valence-electron chi connectivity index (χ3n) is 3.29. The zero-order valence-electron chi connectivity index (χ0n) is 14.9. The van der Waals surface area contributed by atoms with Crippen molar-refractivity contribution in [3.63, 3.8) is 0 Å². The van der Waals surface area contributed by atoms with E-state index in [1.807, 2.05) is 54.6 Å². The molecule has 26 heavy (non-hydrogen) atoms. The summed E-state index contributed by atoms with van der Waals surface area (Å²) in [6.45, 7) is 1.73. The standard InChI is InChI=1S/C18H16O2.C4H10O2/c19-16-11-7-10-15-9-5-3-1-2-4-6-13-17(15)18(20)14-8-12-16;1-4(6)2-3-5/h1-14,19-20H;4-6H,2-3H2,1H3. The molecule has 0 radical (unpaired) electrons. The van der Waals surface area contributed by atoms with Crippen LogP contribution < -0.4 is 0 Å². The molecule has 1 unspecified atom stereocenters. The molecule has 0 bridgehead atoms. The molecule has 2 aromatic rings. The summed E-state index contributed by atoms with van der Waals surface area (Å²) in [7, 11) is 0. The van der Waals surface area contributed by atoms with E-state index in [9.17, 15) is 10.2 Å². The summed E-state index contributed by atoms with van der Waals surface area (Å²) < 4.78 is 0. The molecular formula is C22H26O4. The lowest BCUT2D eigenvalue weighted by Gasteiger charge is -1.95. The average Bonchev–Trinajstić information content (AvgIpc) is 2.60. The number of hydrogen-bond donors (Lipinski definition) is 4. The molecule has 0 aromatic heterocycles. The van der Waals surface area contributed by atoms with Crippen LogP contribution in [0.15, 0.2) is 84.9 Å². The summed E-state index contributed by atoms with van der Waals surface area (Å²) in [5.74, 6) is 0.283. The van der Waals surface area contributed by atoms with Crippen molar-refractivity contribution in [1.29, 1.82) is 0 Å². The van der Waals surface area contributed by atoms with E-state index in [4.69, 9.17) is 10.2 Å². The van der Waals surface area contributed by atoms with E-state index in [0.717, 1.165) is 10.8 Å².